The molecule has 0 unspecified atom stereocenters. The first kappa shape index (κ1) is 9.97. The number of hydrogen-bond donors (Lipinski definition) is 0. The lowest BCUT2D eigenvalue weighted by Gasteiger charge is -2.20. The Hall–Kier alpha value is -1.03. The van der Waals surface area contributed by atoms with Gasteiger partial charge in [0.2, 0.25) is 0 Å². The fraction of sp³-hybridized carbons (Fsp3) is 0.571. The molecular formula is C7H13NO3. The molecule has 0 saturated carbocycles. The Balaban J connectivity index is 3.52. The van der Waals surface area contributed by atoms with Crippen molar-refractivity contribution in [2.75, 3.05) is 20.3 Å². The zero-order chi connectivity index (χ0) is 8.69. The van der Waals surface area contributed by atoms with Crippen molar-refractivity contribution >= 4 is 6.47 Å². The predicted octanol–water partition coefficient (Wildman–Crippen LogP) is 0.556. The van der Waals surface area contributed by atoms with Gasteiger partial charge in [0, 0.05) is 5.70 Å². The average molecular weight is 159 g/mol. The Bertz CT molecular complexity index is 136. The number of ether oxygens (including phenoxy) is 1. The number of carbonyl (C=O) groups is 1. The second-order valence-electron chi connectivity index (χ2n) is 1.99. The third-order valence-electron chi connectivity index (χ3n) is 1.13. The predicted molar refractivity (Wildman–Crippen MR) is 40.5 cm³/mol. The minimum atomic E-state index is 0.310. The summed E-state index contributed by atoms with van der Waals surface area (Å²) in [6, 6.07) is 0. The van der Waals surface area contributed by atoms with Crippen molar-refractivity contribution in [1.82, 2.24) is 5.06 Å². The molecule has 0 atom stereocenters. The highest BCUT2D eigenvalue weighted by Gasteiger charge is 2.00. The van der Waals surface area contributed by atoms with Crippen LogP contribution in [0.2, 0.25) is 0 Å². The summed E-state index contributed by atoms with van der Waals surface area (Å²) < 4.78 is 4.47. The third-order valence-corrected chi connectivity index (χ3v) is 1.13. The van der Waals surface area contributed by atoms with Crippen molar-refractivity contribution in [3.05, 3.63) is 12.3 Å². The first-order valence-corrected chi connectivity index (χ1v) is 3.24. The molecule has 0 aromatic carbocycles. The normalized spacial score (nSPS) is 8.91. The van der Waals surface area contributed by atoms with Crippen molar-refractivity contribution in [1.29, 1.82) is 0 Å². The van der Waals surface area contributed by atoms with E-state index in [-0.39, 0.29) is 0 Å². The summed E-state index contributed by atoms with van der Waals surface area (Å²) in [5.74, 6) is 0. The molecular weight excluding hydrogens is 146 g/mol. The molecule has 4 heteroatoms. The van der Waals surface area contributed by atoms with Gasteiger partial charge in [-0.25, -0.2) is 0 Å². The van der Waals surface area contributed by atoms with Crippen LogP contribution in [-0.4, -0.2) is 31.8 Å². The summed E-state index contributed by atoms with van der Waals surface area (Å²) in [6.07, 6.45) is 0. The Morgan fingerprint density at radius 1 is 1.73 bits per heavy atom. The molecule has 0 rings (SSSR count). The van der Waals surface area contributed by atoms with E-state index in [9.17, 15) is 4.79 Å². The smallest absolute Gasteiger partial charge is 0.293 e. The van der Waals surface area contributed by atoms with Crippen LogP contribution in [0.25, 0.3) is 0 Å². The molecule has 0 amide bonds. The molecule has 0 spiro atoms. The summed E-state index contributed by atoms with van der Waals surface area (Å²) in [6.45, 7) is 6.70. The summed E-state index contributed by atoms with van der Waals surface area (Å²) in [4.78, 5) is 14.6. The van der Waals surface area contributed by atoms with Crippen molar-refractivity contribution in [2.24, 2.45) is 0 Å². The van der Waals surface area contributed by atoms with Gasteiger partial charge in [0.05, 0.1) is 13.7 Å². The molecule has 0 bridgehead atoms. The minimum absolute atomic E-state index is 0.310. The Labute approximate surface area is 66.3 Å². The van der Waals surface area contributed by atoms with E-state index in [0.29, 0.717) is 19.6 Å². The monoisotopic (exact) mass is 159 g/mol. The molecule has 4 nitrogen and oxygen atoms in total. The maximum atomic E-state index is 9.74. The lowest BCUT2D eigenvalue weighted by atomic mass is 10.5. The third kappa shape index (κ3) is 4.38. The molecule has 0 aliphatic heterocycles. The maximum Gasteiger partial charge on any atom is 0.293 e. The van der Waals surface area contributed by atoms with Crippen LogP contribution in [0.5, 0.6) is 0 Å². The lowest BCUT2D eigenvalue weighted by molar-refractivity contribution is -0.136. The van der Waals surface area contributed by atoms with Crippen LogP contribution in [0.3, 0.4) is 0 Å². The van der Waals surface area contributed by atoms with E-state index < -0.39 is 0 Å². The van der Waals surface area contributed by atoms with Gasteiger partial charge in [0.15, 0.2) is 0 Å². The first-order chi connectivity index (χ1) is 5.22. The Morgan fingerprint density at radius 3 is 2.73 bits per heavy atom. The molecule has 0 saturated heterocycles. The van der Waals surface area contributed by atoms with E-state index in [1.54, 1.807) is 5.06 Å². The Morgan fingerprint density at radius 2 is 2.36 bits per heavy atom. The maximum absolute atomic E-state index is 9.74. The molecule has 0 radical (unpaired) electrons. The lowest BCUT2D eigenvalue weighted by Crippen LogP contribution is -2.24. The van der Waals surface area contributed by atoms with Gasteiger partial charge in [-0.15, -0.1) is 0 Å². The van der Waals surface area contributed by atoms with E-state index in [1.165, 1.54) is 7.11 Å². The molecule has 0 heterocycles. The van der Waals surface area contributed by atoms with E-state index in [1.807, 2.05) is 6.92 Å². The molecule has 11 heavy (non-hydrogen) atoms. The molecule has 0 fully saturated rings. The van der Waals surface area contributed by atoms with Gasteiger partial charge in [0.25, 0.3) is 6.47 Å². The number of rotatable bonds is 6. The van der Waals surface area contributed by atoms with Crippen LogP contribution in [0, 0.1) is 0 Å². The summed E-state index contributed by atoms with van der Waals surface area (Å²) >= 11 is 0. The van der Waals surface area contributed by atoms with Crippen molar-refractivity contribution in [2.45, 2.75) is 6.92 Å². The SMILES string of the molecule is C=C(C)N(CCOC=O)OC. The van der Waals surface area contributed by atoms with Crippen molar-refractivity contribution < 1.29 is 14.4 Å². The fourth-order valence-electron chi connectivity index (χ4n) is 0.622. The minimum Gasteiger partial charge on any atom is -0.466 e. The Kier molecular flexibility index (Phi) is 5.20. The van der Waals surface area contributed by atoms with Crippen LogP contribution in [-0.2, 0) is 14.4 Å². The summed E-state index contributed by atoms with van der Waals surface area (Å²) in [7, 11) is 1.54. The standard InChI is InChI=1S/C7H13NO3/c1-7(2)8(10-3)4-5-11-6-9/h6H,1,4-5H2,2-3H3. The number of nitrogens with zero attached hydrogens (tertiary/aromatic N) is 1. The van der Waals surface area contributed by atoms with E-state index in [0.717, 1.165) is 5.70 Å². The van der Waals surface area contributed by atoms with Gasteiger partial charge in [-0.2, -0.15) is 0 Å². The topological polar surface area (TPSA) is 38.8 Å². The van der Waals surface area contributed by atoms with Gasteiger partial charge < -0.3 is 4.74 Å². The molecule has 0 aromatic heterocycles. The van der Waals surface area contributed by atoms with Gasteiger partial charge in [0.1, 0.15) is 6.61 Å². The number of carbonyl (C=O) groups excluding carboxylic acids is 1. The summed E-state index contributed by atoms with van der Waals surface area (Å²) in [5, 5.41) is 1.55. The van der Waals surface area contributed by atoms with Crippen molar-refractivity contribution in [3.8, 4) is 0 Å². The van der Waals surface area contributed by atoms with Crippen LogP contribution >= 0.6 is 0 Å². The molecule has 0 aliphatic carbocycles. The van der Waals surface area contributed by atoms with E-state index >= 15 is 0 Å². The average Bonchev–Trinajstić information content (AvgIpc) is 1.97. The van der Waals surface area contributed by atoms with E-state index in [2.05, 4.69) is 11.3 Å². The number of allylic oxidation sites excluding steroid dienone is 1. The second-order valence-corrected chi connectivity index (χ2v) is 1.99. The van der Waals surface area contributed by atoms with Gasteiger partial charge in [-0.1, -0.05) is 6.58 Å². The van der Waals surface area contributed by atoms with Crippen LogP contribution in [0.15, 0.2) is 12.3 Å². The fourth-order valence-corrected chi connectivity index (χ4v) is 0.622. The first-order valence-electron chi connectivity index (χ1n) is 3.24. The number of hydroxylamine groups is 2. The number of hydrogen-bond acceptors (Lipinski definition) is 4. The van der Waals surface area contributed by atoms with Gasteiger partial charge in [-0.05, 0) is 6.92 Å². The van der Waals surface area contributed by atoms with E-state index in [4.69, 9.17) is 4.84 Å². The van der Waals surface area contributed by atoms with Gasteiger partial charge >= 0.3 is 0 Å². The van der Waals surface area contributed by atoms with Gasteiger partial charge in [-0.3, -0.25) is 14.7 Å². The molecule has 0 aliphatic rings. The molecule has 0 N–H and O–H groups in total. The second kappa shape index (κ2) is 5.73. The zero-order valence-electron chi connectivity index (χ0n) is 6.87. The van der Waals surface area contributed by atoms with Crippen LogP contribution in [0.4, 0.5) is 0 Å². The molecule has 64 valence electrons. The zero-order valence-corrected chi connectivity index (χ0v) is 6.87. The van der Waals surface area contributed by atoms with Crippen LogP contribution < -0.4 is 0 Å². The largest absolute Gasteiger partial charge is 0.466 e. The summed E-state index contributed by atoms with van der Waals surface area (Å²) in [5.41, 5.74) is 0.780. The van der Waals surface area contributed by atoms with Crippen molar-refractivity contribution in [3.63, 3.8) is 0 Å². The van der Waals surface area contributed by atoms with Crippen LogP contribution in [0.1, 0.15) is 6.92 Å². The highest BCUT2D eigenvalue weighted by atomic mass is 16.7. The highest BCUT2D eigenvalue weighted by Crippen LogP contribution is 1.98. The quantitative estimate of drug-likeness (QED) is 0.322. The highest BCUT2D eigenvalue weighted by molar-refractivity contribution is 5.36. The molecule has 0 aromatic rings.